The molecule has 0 amide bonds. The van der Waals surface area contributed by atoms with E-state index in [1.807, 2.05) is 6.07 Å². The van der Waals surface area contributed by atoms with E-state index in [1.54, 1.807) is 24.3 Å². The third kappa shape index (κ3) is 1.79. The van der Waals surface area contributed by atoms with Crippen LogP contribution >= 0.6 is 0 Å². The van der Waals surface area contributed by atoms with Crippen molar-refractivity contribution in [2.45, 2.75) is 5.67 Å². The van der Waals surface area contributed by atoms with Gasteiger partial charge in [0, 0.05) is 18.9 Å². The van der Waals surface area contributed by atoms with E-state index in [-0.39, 0.29) is 12.2 Å². The Labute approximate surface area is 93.2 Å². The fourth-order valence-corrected chi connectivity index (χ4v) is 1.58. The summed E-state index contributed by atoms with van der Waals surface area (Å²) in [5, 5.41) is 0. The summed E-state index contributed by atoms with van der Waals surface area (Å²) < 4.78 is 14.8. The molecule has 1 heterocycles. The molecule has 4 heteroatoms. The van der Waals surface area contributed by atoms with Gasteiger partial charge in [-0.15, -0.1) is 0 Å². The molecule has 82 valence electrons. The topological polar surface area (TPSA) is 51.8 Å². The van der Waals surface area contributed by atoms with Gasteiger partial charge in [-0.3, -0.25) is 9.97 Å². The van der Waals surface area contributed by atoms with Crippen LogP contribution < -0.4 is 5.73 Å². The van der Waals surface area contributed by atoms with Crippen molar-refractivity contribution in [1.82, 2.24) is 9.97 Å². The summed E-state index contributed by atoms with van der Waals surface area (Å²) >= 11 is 0. The molecule has 0 aliphatic heterocycles. The summed E-state index contributed by atoms with van der Waals surface area (Å²) in [6, 6.07) is 8.77. The summed E-state index contributed by atoms with van der Waals surface area (Å²) in [5.41, 5.74) is 4.50. The van der Waals surface area contributed by atoms with Crippen LogP contribution in [0.25, 0.3) is 0 Å². The van der Waals surface area contributed by atoms with E-state index in [9.17, 15) is 4.39 Å². The second-order valence-corrected chi connectivity index (χ2v) is 3.46. The standard InChI is InChI=1S/C12H12FN3/c13-12(9-14,10-4-2-1-3-5-10)11-8-15-6-7-16-11/h1-8H,9,14H2. The SMILES string of the molecule is NCC(F)(c1ccccc1)c1cnccn1. The first-order valence-electron chi connectivity index (χ1n) is 4.98. The molecule has 0 radical (unpaired) electrons. The molecule has 0 aliphatic rings. The number of halogens is 1. The van der Waals surface area contributed by atoms with Crippen molar-refractivity contribution in [2.75, 3.05) is 6.54 Å². The highest BCUT2D eigenvalue weighted by Crippen LogP contribution is 2.30. The maximum atomic E-state index is 14.8. The van der Waals surface area contributed by atoms with E-state index < -0.39 is 5.67 Å². The molecule has 16 heavy (non-hydrogen) atoms. The zero-order valence-electron chi connectivity index (χ0n) is 8.68. The Bertz CT molecular complexity index is 405. The molecule has 0 spiro atoms. The van der Waals surface area contributed by atoms with Gasteiger partial charge in [0.15, 0.2) is 5.67 Å². The van der Waals surface area contributed by atoms with Crippen LogP contribution in [0.3, 0.4) is 0 Å². The average molecular weight is 217 g/mol. The van der Waals surface area contributed by atoms with Crippen LogP contribution in [0.2, 0.25) is 0 Å². The molecule has 0 bridgehead atoms. The zero-order valence-corrected chi connectivity index (χ0v) is 8.68. The van der Waals surface area contributed by atoms with Crippen molar-refractivity contribution in [3.8, 4) is 0 Å². The summed E-state index contributed by atoms with van der Waals surface area (Å²) in [6.07, 6.45) is 4.37. The van der Waals surface area contributed by atoms with Crippen LogP contribution in [0.1, 0.15) is 11.3 Å². The lowest BCUT2D eigenvalue weighted by molar-refractivity contribution is 0.225. The maximum Gasteiger partial charge on any atom is 0.191 e. The van der Waals surface area contributed by atoms with Crippen molar-refractivity contribution >= 4 is 0 Å². The lowest BCUT2D eigenvalue weighted by Crippen LogP contribution is -2.32. The first-order valence-corrected chi connectivity index (χ1v) is 4.98. The summed E-state index contributed by atoms with van der Waals surface area (Å²) in [7, 11) is 0. The van der Waals surface area contributed by atoms with Gasteiger partial charge in [0.1, 0.15) is 5.69 Å². The Morgan fingerprint density at radius 2 is 1.94 bits per heavy atom. The average Bonchev–Trinajstić information content (AvgIpc) is 2.40. The van der Waals surface area contributed by atoms with E-state index in [0.717, 1.165) is 0 Å². The van der Waals surface area contributed by atoms with E-state index >= 15 is 0 Å². The third-order valence-corrected chi connectivity index (χ3v) is 2.48. The number of hydrogen-bond acceptors (Lipinski definition) is 3. The second kappa shape index (κ2) is 4.37. The molecule has 3 nitrogen and oxygen atoms in total. The molecule has 2 N–H and O–H groups in total. The van der Waals surface area contributed by atoms with Crippen LogP contribution in [0.4, 0.5) is 4.39 Å². The second-order valence-electron chi connectivity index (χ2n) is 3.46. The molecule has 0 saturated heterocycles. The van der Waals surface area contributed by atoms with Crippen LogP contribution in [0, 0.1) is 0 Å². The van der Waals surface area contributed by atoms with Crippen molar-refractivity contribution in [2.24, 2.45) is 5.73 Å². The molecule has 1 unspecified atom stereocenters. The fraction of sp³-hybridized carbons (Fsp3) is 0.167. The minimum atomic E-state index is -1.77. The number of rotatable bonds is 3. The molecular weight excluding hydrogens is 205 g/mol. The molecule has 0 aliphatic carbocycles. The Morgan fingerprint density at radius 3 is 2.50 bits per heavy atom. The minimum absolute atomic E-state index is 0.157. The summed E-state index contributed by atoms with van der Waals surface area (Å²) in [6.45, 7) is -0.157. The van der Waals surface area contributed by atoms with Gasteiger partial charge in [-0.2, -0.15) is 0 Å². The van der Waals surface area contributed by atoms with Gasteiger partial charge in [-0.05, 0) is 5.56 Å². The van der Waals surface area contributed by atoms with E-state index in [0.29, 0.717) is 5.56 Å². The normalized spacial score (nSPS) is 14.4. The van der Waals surface area contributed by atoms with Crippen LogP contribution in [0.15, 0.2) is 48.9 Å². The predicted octanol–water partition coefficient (Wildman–Crippen LogP) is 1.65. The van der Waals surface area contributed by atoms with Crippen LogP contribution in [-0.4, -0.2) is 16.5 Å². The Kier molecular flexibility index (Phi) is 2.92. The molecule has 1 atom stereocenters. The maximum absolute atomic E-state index is 14.8. The number of alkyl halides is 1. The van der Waals surface area contributed by atoms with E-state index in [4.69, 9.17) is 5.73 Å². The predicted molar refractivity (Wildman–Crippen MR) is 59.4 cm³/mol. The van der Waals surface area contributed by atoms with Crippen molar-refractivity contribution in [3.63, 3.8) is 0 Å². The monoisotopic (exact) mass is 217 g/mol. The largest absolute Gasteiger partial charge is 0.327 e. The number of nitrogens with zero attached hydrogens (tertiary/aromatic N) is 2. The van der Waals surface area contributed by atoms with Gasteiger partial charge < -0.3 is 5.73 Å². The zero-order chi connectivity index (χ0) is 11.4. The fourth-order valence-electron chi connectivity index (χ4n) is 1.58. The number of nitrogens with two attached hydrogens (primary N) is 1. The molecular formula is C12H12FN3. The number of benzene rings is 1. The quantitative estimate of drug-likeness (QED) is 0.850. The Hall–Kier alpha value is -1.81. The Morgan fingerprint density at radius 1 is 1.19 bits per heavy atom. The van der Waals surface area contributed by atoms with Gasteiger partial charge in [-0.1, -0.05) is 30.3 Å². The van der Waals surface area contributed by atoms with E-state index in [2.05, 4.69) is 9.97 Å². The highest BCUT2D eigenvalue weighted by molar-refractivity contribution is 5.31. The van der Waals surface area contributed by atoms with Gasteiger partial charge in [0.25, 0.3) is 0 Å². The van der Waals surface area contributed by atoms with Crippen molar-refractivity contribution in [1.29, 1.82) is 0 Å². The number of hydrogen-bond donors (Lipinski definition) is 1. The lowest BCUT2D eigenvalue weighted by atomic mass is 9.93. The highest BCUT2D eigenvalue weighted by Gasteiger charge is 2.34. The first-order chi connectivity index (χ1) is 7.77. The molecule has 1 aromatic carbocycles. The highest BCUT2D eigenvalue weighted by atomic mass is 19.1. The van der Waals surface area contributed by atoms with Crippen LogP contribution in [-0.2, 0) is 5.67 Å². The Balaban J connectivity index is 2.49. The molecule has 1 aromatic heterocycles. The minimum Gasteiger partial charge on any atom is -0.327 e. The molecule has 2 aromatic rings. The smallest absolute Gasteiger partial charge is 0.191 e. The number of aromatic nitrogens is 2. The van der Waals surface area contributed by atoms with Gasteiger partial charge in [-0.25, -0.2) is 4.39 Å². The summed E-state index contributed by atoms with van der Waals surface area (Å²) in [4.78, 5) is 7.85. The summed E-state index contributed by atoms with van der Waals surface area (Å²) in [5.74, 6) is 0. The lowest BCUT2D eigenvalue weighted by Gasteiger charge is -2.22. The third-order valence-electron chi connectivity index (χ3n) is 2.48. The molecule has 0 saturated carbocycles. The first kappa shape index (κ1) is 10.7. The van der Waals surface area contributed by atoms with Gasteiger partial charge >= 0.3 is 0 Å². The van der Waals surface area contributed by atoms with Gasteiger partial charge in [0.05, 0.1) is 6.20 Å². The van der Waals surface area contributed by atoms with Crippen LogP contribution in [0.5, 0.6) is 0 Å². The van der Waals surface area contributed by atoms with Crippen molar-refractivity contribution < 1.29 is 4.39 Å². The van der Waals surface area contributed by atoms with Gasteiger partial charge in [0.2, 0.25) is 0 Å². The molecule has 2 rings (SSSR count). The van der Waals surface area contributed by atoms with Crippen molar-refractivity contribution in [3.05, 3.63) is 60.2 Å². The molecule has 0 fully saturated rings. The van der Waals surface area contributed by atoms with E-state index in [1.165, 1.54) is 18.6 Å².